The van der Waals surface area contributed by atoms with Crippen molar-refractivity contribution in [1.29, 1.82) is 0 Å². The molecule has 1 N–H and O–H groups in total. The van der Waals surface area contributed by atoms with Crippen LogP contribution in [0.4, 0.5) is 0 Å². The van der Waals surface area contributed by atoms with Crippen molar-refractivity contribution in [3.63, 3.8) is 0 Å². The normalized spacial score (nSPS) is 23.5. The van der Waals surface area contributed by atoms with Gasteiger partial charge < -0.3 is 14.6 Å². The summed E-state index contributed by atoms with van der Waals surface area (Å²) in [4.78, 5) is 13.7. The molecule has 0 amide bonds. The standard InChI is InChI=1S/C16H31NO4/c1-13(18)9-15-7-5-4-6-8-17(15)10-16(19)12-21-14(2)11-20-3/h14-16,19H,4-12H2,1-3H3. The molecule has 21 heavy (non-hydrogen) atoms. The number of carbonyl (C=O) groups is 1. The van der Waals surface area contributed by atoms with Crippen molar-refractivity contribution in [3.05, 3.63) is 0 Å². The summed E-state index contributed by atoms with van der Waals surface area (Å²) in [5.74, 6) is 0.228. The molecule has 5 nitrogen and oxygen atoms in total. The van der Waals surface area contributed by atoms with Crippen LogP contribution in [0.5, 0.6) is 0 Å². The minimum absolute atomic E-state index is 0.0122. The lowest BCUT2D eigenvalue weighted by Gasteiger charge is -2.31. The summed E-state index contributed by atoms with van der Waals surface area (Å²) in [6.07, 6.45) is 4.63. The molecule has 1 aliphatic rings. The van der Waals surface area contributed by atoms with Crippen LogP contribution in [0.2, 0.25) is 0 Å². The van der Waals surface area contributed by atoms with Crippen LogP contribution >= 0.6 is 0 Å². The van der Waals surface area contributed by atoms with Crippen molar-refractivity contribution in [2.45, 2.75) is 64.2 Å². The number of ether oxygens (including phenoxy) is 2. The molecule has 5 heteroatoms. The maximum atomic E-state index is 11.4. The van der Waals surface area contributed by atoms with E-state index in [2.05, 4.69) is 4.90 Å². The first-order valence-electron chi connectivity index (χ1n) is 8.05. The molecule has 0 aromatic rings. The van der Waals surface area contributed by atoms with E-state index in [9.17, 15) is 9.90 Å². The van der Waals surface area contributed by atoms with Crippen LogP contribution in [0.25, 0.3) is 0 Å². The quantitative estimate of drug-likeness (QED) is 0.701. The van der Waals surface area contributed by atoms with Crippen molar-refractivity contribution >= 4 is 5.78 Å². The molecule has 3 unspecified atom stereocenters. The molecule has 0 saturated carbocycles. The minimum atomic E-state index is -0.517. The average molecular weight is 301 g/mol. The monoisotopic (exact) mass is 301 g/mol. The number of nitrogens with zero attached hydrogens (tertiary/aromatic N) is 1. The molecule has 0 radical (unpaired) electrons. The first-order chi connectivity index (χ1) is 10.0. The number of Topliss-reactive ketones (excluding diaryl/α,β-unsaturated/α-hetero) is 1. The van der Waals surface area contributed by atoms with Gasteiger partial charge in [-0.25, -0.2) is 0 Å². The zero-order valence-electron chi connectivity index (χ0n) is 13.7. The molecular weight excluding hydrogens is 270 g/mol. The fourth-order valence-corrected chi connectivity index (χ4v) is 2.92. The van der Waals surface area contributed by atoms with Crippen LogP contribution in [0, 0.1) is 0 Å². The Labute approximate surface area is 128 Å². The molecule has 0 spiro atoms. The largest absolute Gasteiger partial charge is 0.389 e. The third-order valence-corrected chi connectivity index (χ3v) is 3.94. The summed E-state index contributed by atoms with van der Waals surface area (Å²) in [5, 5.41) is 10.2. The minimum Gasteiger partial charge on any atom is -0.389 e. The maximum Gasteiger partial charge on any atom is 0.131 e. The summed E-state index contributed by atoms with van der Waals surface area (Å²) >= 11 is 0. The maximum absolute atomic E-state index is 11.4. The number of methoxy groups -OCH3 is 1. The Bertz CT molecular complexity index is 298. The van der Waals surface area contributed by atoms with Crippen LogP contribution < -0.4 is 0 Å². The fourth-order valence-electron chi connectivity index (χ4n) is 2.92. The van der Waals surface area contributed by atoms with Gasteiger partial charge in [0.1, 0.15) is 5.78 Å². The van der Waals surface area contributed by atoms with Gasteiger partial charge in [-0.15, -0.1) is 0 Å². The van der Waals surface area contributed by atoms with Gasteiger partial charge in [0, 0.05) is 26.1 Å². The van der Waals surface area contributed by atoms with E-state index < -0.39 is 6.10 Å². The highest BCUT2D eigenvalue weighted by atomic mass is 16.5. The van der Waals surface area contributed by atoms with Crippen molar-refractivity contribution in [3.8, 4) is 0 Å². The van der Waals surface area contributed by atoms with Gasteiger partial charge in [-0.1, -0.05) is 12.8 Å². The third-order valence-electron chi connectivity index (χ3n) is 3.94. The van der Waals surface area contributed by atoms with E-state index in [1.54, 1.807) is 14.0 Å². The lowest BCUT2D eigenvalue weighted by Crippen LogP contribution is -2.42. The van der Waals surface area contributed by atoms with Crippen LogP contribution in [0.15, 0.2) is 0 Å². The first kappa shape index (κ1) is 18.6. The third kappa shape index (κ3) is 7.90. The fraction of sp³-hybridized carbons (Fsp3) is 0.938. The topological polar surface area (TPSA) is 59.0 Å². The smallest absolute Gasteiger partial charge is 0.131 e. The number of carbonyl (C=O) groups excluding carboxylic acids is 1. The van der Waals surface area contributed by atoms with E-state index in [1.165, 1.54) is 12.8 Å². The second-order valence-corrected chi connectivity index (χ2v) is 6.16. The van der Waals surface area contributed by atoms with Gasteiger partial charge in [-0.05, 0) is 33.2 Å². The molecule has 0 bridgehead atoms. The lowest BCUT2D eigenvalue weighted by molar-refractivity contribution is -0.118. The summed E-state index contributed by atoms with van der Waals surface area (Å²) < 4.78 is 10.6. The Hall–Kier alpha value is -0.490. The number of likely N-dealkylation sites (tertiary alicyclic amines) is 1. The van der Waals surface area contributed by atoms with Gasteiger partial charge in [0.25, 0.3) is 0 Å². The Morgan fingerprint density at radius 3 is 2.76 bits per heavy atom. The number of β-amino-alcohol motifs (C(OH)–C–C–N with tert-alkyl or cyclic N) is 1. The van der Waals surface area contributed by atoms with Crippen LogP contribution in [0.1, 0.15) is 46.0 Å². The van der Waals surface area contributed by atoms with E-state index in [4.69, 9.17) is 9.47 Å². The van der Waals surface area contributed by atoms with Crippen molar-refractivity contribution < 1.29 is 19.4 Å². The molecule has 124 valence electrons. The first-order valence-corrected chi connectivity index (χ1v) is 8.05. The zero-order valence-corrected chi connectivity index (χ0v) is 13.7. The number of ketones is 1. The van der Waals surface area contributed by atoms with Gasteiger partial charge in [0.15, 0.2) is 0 Å². The predicted octanol–water partition coefficient (Wildman–Crippen LogP) is 1.62. The Balaban J connectivity index is 2.41. The van der Waals surface area contributed by atoms with E-state index in [1.807, 2.05) is 6.92 Å². The predicted molar refractivity (Wildman–Crippen MR) is 82.4 cm³/mol. The van der Waals surface area contributed by atoms with Crippen molar-refractivity contribution in [2.24, 2.45) is 0 Å². The molecule has 0 aromatic heterocycles. The Morgan fingerprint density at radius 1 is 1.33 bits per heavy atom. The molecule has 3 atom stereocenters. The van der Waals surface area contributed by atoms with Crippen LogP contribution in [0.3, 0.4) is 0 Å². The molecule has 1 aliphatic heterocycles. The number of hydrogen-bond donors (Lipinski definition) is 1. The Morgan fingerprint density at radius 2 is 2.10 bits per heavy atom. The highest BCUT2D eigenvalue weighted by molar-refractivity contribution is 5.76. The van der Waals surface area contributed by atoms with Crippen LogP contribution in [-0.4, -0.2) is 67.5 Å². The molecule has 1 saturated heterocycles. The number of aliphatic hydroxyl groups is 1. The second kappa shape index (κ2) is 10.3. The average Bonchev–Trinajstić information content (AvgIpc) is 2.62. The summed E-state index contributed by atoms with van der Waals surface area (Å²) in [6.45, 7) is 5.97. The van der Waals surface area contributed by atoms with Crippen molar-refractivity contribution in [1.82, 2.24) is 4.90 Å². The van der Waals surface area contributed by atoms with Gasteiger partial charge in [0.05, 0.1) is 25.4 Å². The van der Waals surface area contributed by atoms with E-state index in [-0.39, 0.29) is 17.9 Å². The Kier molecular flexibility index (Phi) is 9.08. The number of hydrogen-bond acceptors (Lipinski definition) is 5. The highest BCUT2D eigenvalue weighted by Gasteiger charge is 2.24. The van der Waals surface area contributed by atoms with E-state index >= 15 is 0 Å². The summed E-state index contributed by atoms with van der Waals surface area (Å²) in [7, 11) is 1.64. The van der Waals surface area contributed by atoms with Gasteiger partial charge in [0.2, 0.25) is 0 Å². The molecule has 0 aromatic carbocycles. The van der Waals surface area contributed by atoms with Crippen molar-refractivity contribution in [2.75, 3.05) is 33.4 Å². The van der Waals surface area contributed by atoms with E-state index in [0.29, 0.717) is 26.2 Å². The van der Waals surface area contributed by atoms with Gasteiger partial charge in [-0.3, -0.25) is 9.69 Å². The molecule has 1 fully saturated rings. The van der Waals surface area contributed by atoms with Crippen LogP contribution in [-0.2, 0) is 14.3 Å². The molecule has 0 aliphatic carbocycles. The number of rotatable bonds is 9. The molecular formula is C16H31NO4. The lowest BCUT2D eigenvalue weighted by atomic mass is 10.0. The summed E-state index contributed by atoms with van der Waals surface area (Å²) in [6, 6.07) is 0.274. The summed E-state index contributed by atoms with van der Waals surface area (Å²) in [5.41, 5.74) is 0. The SMILES string of the molecule is COCC(C)OCC(O)CN1CCCCCC1CC(C)=O. The zero-order chi connectivity index (χ0) is 15.7. The molecule has 1 rings (SSSR count). The second-order valence-electron chi connectivity index (χ2n) is 6.16. The van der Waals surface area contributed by atoms with Gasteiger partial charge in [-0.2, -0.15) is 0 Å². The molecule has 1 heterocycles. The van der Waals surface area contributed by atoms with Gasteiger partial charge >= 0.3 is 0 Å². The highest BCUT2D eigenvalue weighted by Crippen LogP contribution is 2.20. The number of aliphatic hydroxyl groups excluding tert-OH is 1. The van der Waals surface area contributed by atoms with E-state index in [0.717, 1.165) is 19.4 Å².